The molecule has 1 aromatic rings. The number of aryl methyl sites for hydroxylation is 1. The maximum atomic E-state index is 11.7. The Hall–Kier alpha value is -0.880. The lowest BCUT2D eigenvalue weighted by molar-refractivity contribution is 0.448. The summed E-state index contributed by atoms with van der Waals surface area (Å²) in [5, 5.41) is 8.13. The standard InChI is InChI=1S/C10H15N3O2S/c14-16(15)6-5-13-10(16)7-9(12-13)8-1-3-11-4-2-8/h7-8,11H,1-6H2. The predicted octanol–water partition coefficient (Wildman–Crippen LogP) is 0.137. The lowest BCUT2D eigenvalue weighted by Crippen LogP contribution is -2.26. The van der Waals surface area contributed by atoms with E-state index in [2.05, 4.69) is 10.4 Å². The van der Waals surface area contributed by atoms with Crippen LogP contribution in [0.15, 0.2) is 11.1 Å². The molecule has 16 heavy (non-hydrogen) atoms. The largest absolute Gasteiger partial charge is 0.317 e. The smallest absolute Gasteiger partial charge is 0.197 e. The van der Waals surface area contributed by atoms with Gasteiger partial charge in [0, 0.05) is 5.92 Å². The highest BCUT2D eigenvalue weighted by Gasteiger charge is 2.30. The van der Waals surface area contributed by atoms with Gasteiger partial charge in [-0.25, -0.2) is 8.42 Å². The van der Waals surface area contributed by atoms with Gasteiger partial charge in [-0.3, -0.25) is 4.68 Å². The fourth-order valence-corrected chi connectivity index (χ4v) is 3.83. The number of nitrogens with one attached hydrogen (secondary N) is 1. The number of fused-ring (bicyclic) bond motifs is 1. The van der Waals surface area contributed by atoms with Crippen molar-refractivity contribution in [1.82, 2.24) is 15.1 Å². The van der Waals surface area contributed by atoms with Crippen molar-refractivity contribution in [2.45, 2.75) is 30.3 Å². The Morgan fingerprint density at radius 2 is 2.12 bits per heavy atom. The van der Waals surface area contributed by atoms with Crippen molar-refractivity contribution in [1.29, 1.82) is 0 Å². The molecule has 3 rings (SSSR count). The van der Waals surface area contributed by atoms with Gasteiger partial charge >= 0.3 is 0 Å². The van der Waals surface area contributed by atoms with E-state index in [1.807, 2.05) is 0 Å². The molecule has 0 bridgehead atoms. The van der Waals surface area contributed by atoms with E-state index in [0.717, 1.165) is 31.6 Å². The van der Waals surface area contributed by atoms with Crippen LogP contribution >= 0.6 is 0 Å². The highest BCUT2D eigenvalue weighted by molar-refractivity contribution is 7.91. The van der Waals surface area contributed by atoms with Gasteiger partial charge in [-0.2, -0.15) is 5.10 Å². The first-order chi connectivity index (χ1) is 7.67. The molecule has 1 N–H and O–H groups in total. The first-order valence-corrected chi connectivity index (χ1v) is 7.33. The van der Waals surface area contributed by atoms with E-state index in [1.165, 1.54) is 0 Å². The first kappa shape index (κ1) is 10.3. The molecule has 1 aromatic heterocycles. The van der Waals surface area contributed by atoms with Crippen molar-refractivity contribution in [2.24, 2.45) is 0 Å². The second-order valence-corrected chi connectivity index (χ2v) is 6.53. The van der Waals surface area contributed by atoms with Crippen LogP contribution in [0.2, 0.25) is 0 Å². The van der Waals surface area contributed by atoms with Gasteiger partial charge in [0.1, 0.15) is 0 Å². The quantitative estimate of drug-likeness (QED) is 0.759. The van der Waals surface area contributed by atoms with Crippen molar-refractivity contribution in [2.75, 3.05) is 18.8 Å². The number of aromatic nitrogens is 2. The fourth-order valence-electron chi connectivity index (χ4n) is 2.46. The van der Waals surface area contributed by atoms with Crippen LogP contribution in [0.5, 0.6) is 0 Å². The number of nitrogens with zero attached hydrogens (tertiary/aromatic N) is 2. The molecule has 0 spiro atoms. The third-order valence-electron chi connectivity index (χ3n) is 3.41. The second kappa shape index (κ2) is 3.56. The van der Waals surface area contributed by atoms with Gasteiger partial charge in [-0.1, -0.05) is 0 Å². The highest BCUT2D eigenvalue weighted by atomic mass is 32.2. The van der Waals surface area contributed by atoms with Crippen molar-refractivity contribution >= 4 is 9.84 Å². The molecule has 1 fully saturated rings. The van der Waals surface area contributed by atoms with Gasteiger partial charge in [0.2, 0.25) is 0 Å². The van der Waals surface area contributed by atoms with Gasteiger partial charge in [0.15, 0.2) is 14.9 Å². The minimum Gasteiger partial charge on any atom is -0.317 e. The van der Waals surface area contributed by atoms with Crippen LogP contribution in [0.3, 0.4) is 0 Å². The Kier molecular flexibility index (Phi) is 2.29. The highest BCUT2D eigenvalue weighted by Crippen LogP contribution is 2.28. The Morgan fingerprint density at radius 1 is 1.38 bits per heavy atom. The summed E-state index contributed by atoms with van der Waals surface area (Å²) in [6, 6.07) is 1.78. The van der Waals surface area contributed by atoms with E-state index in [-0.39, 0.29) is 5.75 Å². The van der Waals surface area contributed by atoms with Gasteiger partial charge in [0.05, 0.1) is 18.0 Å². The summed E-state index contributed by atoms with van der Waals surface area (Å²) in [6.07, 6.45) is 2.10. The molecule has 88 valence electrons. The zero-order chi connectivity index (χ0) is 11.2. The minimum absolute atomic E-state index is 0.210. The summed E-state index contributed by atoms with van der Waals surface area (Å²) in [5.41, 5.74) is 0.958. The van der Waals surface area contributed by atoms with E-state index in [0.29, 0.717) is 17.5 Å². The van der Waals surface area contributed by atoms with Crippen LogP contribution in [0.1, 0.15) is 24.5 Å². The molecule has 0 atom stereocenters. The van der Waals surface area contributed by atoms with E-state index in [9.17, 15) is 8.42 Å². The van der Waals surface area contributed by atoms with E-state index >= 15 is 0 Å². The summed E-state index contributed by atoms with van der Waals surface area (Å²) in [7, 11) is -3.04. The molecule has 0 unspecified atom stereocenters. The fraction of sp³-hybridized carbons (Fsp3) is 0.700. The number of piperidine rings is 1. The molecule has 0 aliphatic carbocycles. The first-order valence-electron chi connectivity index (χ1n) is 5.68. The van der Waals surface area contributed by atoms with Crippen LogP contribution in [0.25, 0.3) is 0 Å². The molecule has 0 amide bonds. The molecule has 6 heteroatoms. The van der Waals surface area contributed by atoms with Crippen LogP contribution < -0.4 is 5.32 Å². The molecule has 0 saturated carbocycles. The molecule has 3 heterocycles. The maximum Gasteiger partial charge on any atom is 0.197 e. The monoisotopic (exact) mass is 241 g/mol. The number of hydrogen-bond donors (Lipinski definition) is 1. The molecular formula is C10H15N3O2S. The zero-order valence-corrected chi connectivity index (χ0v) is 9.83. The summed E-state index contributed by atoms with van der Waals surface area (Å²) < 4.78 is 25.0. The molecule has 0 aromatic carbocycles. The Balaban J connectivity index is 1.94. The van der Waals surface area contributed by atoms with E-state index in [4.69, 9.17) is 0 Å². The molecule has 5 nitrogen and oxygen atoms in total. The maximum absolute atomic E-state index is 11.7. The molecule has 0 radical (unpaired) electrons. The Labute approximate surface area is 94.8 Å². The Bertz CT molecular complexity index is 500. The Morgan fingerprint density at radius 3 is 2.81 bits per heavy atom. The summed E-state index contributed by atoms with van der Waals surface area (Å²) in [6.45, 7) is 2.52. The number of rotatable bonds is 1. The minimum atomic E-state index is -3.04. The van der Waals surface area contributed by atoms with Crippen LogP contribution in [0, 0.1) is 0 Å². The zero-order valence-electron chi connectivity index (χ0n) is 9.02. The van der Waals surface area contributed by atoms with Gasteiger partial charge < -0.3 is 5.32 Å². The second-order valence-electron chi connectivity index (χ2n) is 4.47. The number of sulfone groups is 1. The lowest BCUT2D eigenvalue weighted by atomic mass is 9.95. The average molecular weight is 241 g/mol. The summed E-state index contributed by atoms with van der Waals surface area (Å²) in [5.74, 6) is 0.636. The van der Waals surface area contributed by atoms with Crippen LogP contribution in [-0.4, -0.2) is 37.0 Å². The SMILES string of the molecule is O=S1(=O)CCn2nc(C3CCNCC3)cc21. The molecule has 2 aliphatic heterocycles. The molecular weight excluding hydrogens is 226 g/mol. The molecule has 2 aliphatic rings. The molecule has 1 saturated heterocycles. The van der Waals surface area contributed by atoms with Gasteiger partial charge in [-0.05, 0) is 32.0 Å². The average Bonchev–Trinajstić information content (AvgIpc) is 2.82. The van der Waals surface area contributed by atoms with Gasteiger partial charge in [0.25, 0.3) is 0 Å². The third kappa shape index (κ3) is 1.56. The van der Waals surface area contributed by atoms with Crippen molar-refractivity contribution in [3.63, 3.8) is 0 Å². The summed E-state index contributed by atoms with van der Waals surface area (Å²) in [4.78, 5) is 0. The predicted molar refractivity (Wildman–Crippen MR) is 59.1 cm³/mol. The van der Waals surface area contributed by atoms with E-state index in [1.54, 1.807) is 10.7 Å². The number of hydrogen-bond acceptors (Lipinski definition) is 4. The topological polar surface area (TPSA) is 64.0 Å². The normalized spacial score (nSPS) is 24.5. The van der Waals surface area contributed by atoms with Crippen LogP contribution in [0.4, 0.5) is 0 Å². The van der Waals surface area contributed by atoms with E-state index < -0.39 is 9.84 Å². The van der Waals surface area contributed by atoms with Crippen molar-refractivity contribution < 1.29 is 8.42 Å². The van der Waals surface area contributed by atoms with Crippen molar-refractivity contribution in [3.8, 4) is 0 Å². The summed E-state index contributed by atoms with van der Waals surface area (Å²) >= 11 is 0. The van der Waals surface area contributed by atoms with Crippen LogP contribution in [-0.2, 0) is 16.4 Å². The third-order valence-corrected chi connectivity index (χ3v) is 5.10. The van der Waals surface area contributed by atoms with Crippen molar-refractivity contribution in [3.05, 3.63) is 11.8 Å². The lowest BCUT2D eigenvalue weighted by Gasteiger charge is -2.20. The van der Waals surface area contributed by atoms with Gasteiger partial charge in [-0.15, -0.1) is 0 Å².